The lowest BCUT2D eigenvalue weighted by Crippen LogP contribution is -2.49. The molecule has 1 aliphatic heterocycles. The molecule has 0 aliphatic carbocycles. The molecule has 0 N–H and O–H groups in total. The molecule has 31 heavy (non-hydrogen) atoms. The first-order valence-corrected chi connectivity index (χ1v) is 10.0. The summed E-state index contributed by atoms with van der Waals surface area (Å²) < 4.78 is 0. The second-order valence-electron chi connectivity index (χ2n) is 6.78. The van der Waals surface area contributed by atoms with E-state index in [1.54, 1.807) is 35.5 Å². The van der Waals surface area contributed by atoms with E-state index in [0.717, 1.165) is 0 Å². The highest BCUT2D eigenvalue weighted by atomic mass is 35.5. The van der Waals surface area contributed by atoms with E-state index in [1.165, 1.54) is 6.20 Å². The van der Waals surface area contributed by atoms with E-state index in [1.807, 2.05) is 23.1 Å². The first-order chi connectivity index (χ1) is 15.2. The molecular formula is C23H17ClN6O. The molecule has 1 aromatic carbocycles. The molecule has 0 bridgehead atoms. The van der Waals surface area contributed by atoms with Crippen molar-refractivity contribution in [1.82, 2.24) is 19.9 Å². The average molecular weight is 429 g/mol. The summed E-state index contributed by atoms with van der Waals surface area (Å²) in [5.74, 6) is 6.43. The van der Waals surface area contributed by atoms with Gasteiger partial charge in [-0.3, -0.25) is 4.79 Å². The lowest BCUT2D eigenvalue weighted by Gasteiger charge is -2.35. The van der Waals surface area contributed by atoms with E-state index < -0.39 is 0 Å². The van der Waals surface area contributed by atoms with E-state index in [2.05, 4.69) is 32.9 Å². The average Bonchev–Trinajstić information content (AvgIpc) is 2.84. The predicted molar refractivity (Wildman–Crippen MR) is 117 cm³/mol. The Balaban J connectivity index is 1.47. The van der Waals surface area contributed by atoms with Crippen LogP contribution in [-0.2, 0) is 0 Å². The van der Waals surface area contributed by atoms with Crippen molar-refractivity contribution in [1.29, 1.82) is 5.26 Å². The number of aromatic nitrogens is 3. The van der Waals surface area contributed by atoms with E-state index in [4.69, 9.17) is 11.6 Å². The summed E-state index contributed by atoms with van der Waals surface area (Å²) in [6, 6.07) is 12.7. The Hall–Kier alpha value is -3.94. The maximum Gasteiger partial charge on any atom is 0.254 e. The number of carbonyl (C=O) groups is 1. The Morgan fingerprint density at radius 2 is 1.77 bits per heavy atom. The summed E-state index contributed by atoms with van der Waals surface area (Å²) in [5.41, 5.74) is 2.03. The fourth-order valence-electron chi connectivity index (χ4n) is 3.27. The Bertz CT molecular complexity index is 1200. The van der Waals surface area contributed by atoms with Gasteiger partial charge in [0.1, 0.15) is 11.8 Å². The van der Waals surface area contributed by atoms with Gasteiger partial charge in [0.15, 0.2) is 11.5 Å². The Kier molecular flexibility index (Phi) is 6.07. The first-order valence-electron chi connectivity index (χ1n) is 9.63. The molecule has 8 heteroatoms. The second kappa shape index (κ2) is 9.25. The largest absolute Gasteiger partial charge is 0.351 e. The number of pyridine rings is 1. The number of amides is 1. The van der Waals surface area contributed by atoms with Gasteiger partial charge in [-0.2, -0.15) is 5.26 Å². The number of rotatable bonds is 2. The number of carbonyl (C=O) groups excluding carboxylic acids is 1. The third kappa shape index (κ3) is 4.63. The number of hydrogen-bond donors (Lipinski definition) is 0. The van der Waals surface area contributed by atoms with Gasteiger partial charge in [0.25, 0.3) is 5.91 Å². The van der Waals surface area contributed by atoms with Crippen LogP contribution < -0.4 is 4.90 Å². The zero-order valence-electron chi connectivity index (χ0n) is 16.5. The van der Waals surface area contributed by atoms with Crippen molar-refractivity contribution in [3.05, 3.63) is 82.5 Å². The normalized spacial score (nSPS) is 13.2. The molecule has 1 amide bonds. The van der Waals surface area contributed by atoms with Crippen LogP contribution in [0.4, 0.5) is 5.82 Å². The van der Waals surface area contributed by atoms with Gasteiger partial charge in [-0.05, 0) is 36.3 Å². The Labute approximate surface area is 184 Å². The van der Waals surface area contributed by atoms with Gasteiger partial charge in [0.05, 0.1) is 5.02 Å². The molecule has 1 aliphatic rings. The van der Waals surface area contributed by atoms with Crippen molar-refractivity contribution in [3.63, 3.8) is 0 Å². The van der Waals surface area contributed by atoms with Crippen molar-refractivity contribution in [2.45, 2.75) is 0 Å². The Morgan fingerprint density at radius 1 is 0.968 bits per heavy atom. The van der Waals surface area contributed by atoms with Gasteiger partial charge in [0.2, 0.25) is 0 Å². The predicted octanol–water partition coefficient (Wildman–Crippen LogP) is 2.76. The molecule has 4 rings (SSSR count). The molecule has 2 aromatic heterocycles. The second-order valence-corrected chi connectivity index (χ2v) is 7.19. The van der Waals surface area contributed by atoms with Crippen molar-refractivity contribution < 1.29 is 4.79 Å². The number of halogens is 1. The van der Waals surface area contributed by atoms with Gasteiger partial charge >= 0.3 is 0 Å². The van der Waals surface area contributed by atoms with Crippen LogP contribution in [0.3, 0.4) is 0 Å². The van der Waals surface area contributed by atoms with E-state index >= 15 is 0 Å². The molecule has 152 valence electrons. The minimum Gasteiger partial charge on any atom is -0.351 e. The smallest absolute Gasteiger partial charge is 0.254 e. The quantitative estimate of drug-likeness (QED) is 0.583. The van der Waals surface area contributed by atoms with Crippen LogP contribution in [-0.4, -0.2) is 51.9 Å². The molecule has 0 spiro atoms. The number of nitrogens with zero attached hydrogens (tertiary/aromatic N) is 6. The molecular weight excluding hydrogens is 412 g/mol. The summed E-state index contributed by atoms with van der Waals surface area (Å²) >= 11 is 6.27. The highest BCUT2D eigenvalue weighted by molar-refractivity contribution is 6.31. The summed E-state index contributed by atoms with van der Waals surface area (Å²) in [6.07, 6.45) is 4.73. The first kappa shape index (κ1) is 20.3. The SMILES string of the molecule is N#Cc1nccnc1N1CCN(C(=O)c2ccc(Cl)c(C#Cc3ccccn3)c2)CC1. The fourth-order valence-corrected chi connectivity index (χ4v) is 3.43. The number of piperazine rings is 1. The lowest BCUT2D eigenvalue weighted by molar-refractivity contribution is 0.0746. The highest BCUT2D eigenvalue weighted by Gasteiger charge is 2.24. The van der Waals surface area contributed by atoms with Crippen LogP contribution in [0.25, 0.3) is 0 Å². The molecule has 3 heterocycles. The van der Waals surface area contributed by atoms with Gasteiger partial charge < -0.3 is 9.80 Å². The van der Waals surface area contributed by atoms with Crippen molar-refractivity contribution in [3.8, 4) is 17.9 Å². The molecule has 7 nitrogen and oxygen atoms in total. The van der Waals surface area contributed by atoms with Crippen LogP contribution in [0.1, 0.15) is 27.3 Å². The molecule has 0 saturated carbocycles. The minimum absolute atomic E-state index is 0.0862. The number of nitriles is 1. The molecule has 0 atom stereocenters. The van der Waals surface area contributed by atoms with Gasteiger partial charge in [-0.15, -0.1) is 0 Å². The zero-order valence-corrected chi connectivity index (χ0v) is 17.3. The lowest BCUT2D eigenvalue weighted by atomic mass is 10.1. The van der Waals surface area contributed by atoms with Crippen LogP contribution >= 0.6 is 11.6 Å². The van der Waals surface area contributed by atoms with Crippen molar-refractivity contribution in [2.75, 3.05) is 31.1 Å². The van der Waals surface area contributed by atoms with Crippen LogP contribution in [0.2, 0.25) is 5.02 Å². The van der Waals surface area contributed by atoms with Gasteiger partial charge in [-0.1, -0.05) is 23.6 Å². The Morgan fingerprint density at radius 3 is 2.52 bits per heavy atom. The number of anilines is 1. The maximum absolute atomic E-state index is 13.0. The van der Waals surface area contributed by atoms with E-state index in [-0.39, 0.29) is 11.6 Å². The van der Waals surface area contributed by atoms with Crippen LogP contribution in [0, 0.1) is 23.2 Å². The molecule has 1 saturated heterocycles. The summed E-state index contributed by atoms with van der Waals surface area (Å²) in [4.78, 5) is 29.3. The number of benzene rings is 1. The summed E-state index contributed by atoms with van der Waals surface area (Å²) in [6.45, 7) is 2.16. The fraction of sp³-hybridized carbons (Fsp3) is 0.174. The molecule has 0 unspecified atom stereocenters. The van der Waals surface area contributed by atoms with E-state index in [9.17, 15) is 10.1 Å². The number of hydrogen-bond acceptors (Lipinski definition) is 6. The van der Waals surface area contributed by atoms with Crippen molar-refractivity contribution >= 4 is 23.3 Å². The summed E-state index contributed by atoms with van der Waals surface area (Å²) in [5, 5.41) is 9.72. The monoisotopic (exact) mass is 428 g/mol. The van der Waals surface area contributed by atoms with Crippen LogP contribution in [0.15, 0.2) is 55.0 Å². The van der Waals surface area contributed by atoms with E-state index in [0.29, 0.717) is 53.8 Å². The molecule has 3 aromatic rings. The maximum atomic E-state index is 13.0. The van der Waals surface area contributed by atoms with Crippen LogP contribution in [0.5, 0.6) is 0 Å². The van der Waals surface area contributed by atoms with Gasteiger partial charge in [0, 0.05) is 55.9 Å². The van der Waals surface area contributed by atoms with Crippen molar-refractivity contribution in [2.24, 2.45) is 0 Å². The highest BCUT2D eigenvalue weighted by Crippen LogP contribution is 2.20. The molecule has 1 fully saturated rings. The molecule has 0 radical (unpaired) electrons. The minimum atomic E-state index is -0.0862. The third-order valence-electron chi connectivity index (χ3n) is 4.85. The van der Waals surface area contributed by atoms with Gasteiger partial charge in [-0.25, -0.2) is 15.0 Å². The zero-order chi connectivity index (χ0) is 21.6. The topological polar surface area (TPSA) is 86.0 Å². The third-order valence-corrected chi connectivity index (χ3v) is 5.18. The summed E-state index contributed by atoms with van der Waals surface area (Å²) in [7, 11) is 0. The standard InChI is InChI=1S/C23H17ClN6O/c24-20-7-5-18(15-17(20)4-6-19-3-1-2-8-26-19)23(31)30-13-11-29(12-14-30)22-21(16-25)27-9-10-28-22/h1-3,5,7-10,15H,11-14H2.